The summed E-state index contributed by atoms with van der Waals surface area (Å²) in [5.41, 5.74) is 6.65. The number of halogens is 2. The van der Waals surface area contributed by atoms with Gasteiger partial charge in [-0.1, -0.05) is 100 Å². The zero-order chi connectivity index (χ0) is 33.4. The van der Waals surface area contributed by atoms with Gasteiger partial charge in [0.25, 0.3) is 5.56 Å². The van der Waals surface area contributed by atoms with Crippen LogP contribution in [0.1, 0.15) is 31.0 Å². The molecule has 2 aromatic heterocycles. The highest BCUT2D eigenvalue weighted by atomic mass is 79.9. The van der Waals surface area contributed by atoms with E-state index in [2.05, 4.69) is 63.0 Å². The third-order valence-electron chi connectivity index (χ3n) is 8.22. The molecule has 6 nitrogen and oxygen atoms in total. The fourth-order valence-electron chi connectivity index (χ4n) is 6.10. The van der Waals surface area contributed by atoms with Gasteiger partial charge in [0.2, 0.25) is 0 Å². The molecule has 0 aliphatic carbocycles. The summed E-state index contributed by atoms with van der Waals surface area (Å²) in [7, 11) is 0. The maximum atomic E-state index is 14.4. The number of hydrogen-bond donors (Lipinski definition) is 0. The van der Waals surface area contributed by atoms with E-state index < -0.39 is 17.8 Å². The van der Waals surface area contributed by atoms with Crippen LogP contribution in [0.15, 0.2) is 141 Å². The van der Waals surface area contributed by atoms with Crippen molar-refractivity contribution >= 4 is 39.3 Å². The predicted octanol–water partition coefficient (Wildman–Crippen LogP) is 7.82. The Labute approximate surface area is 288 Å². The van der Waals surface area contributed by atoms with E-state index in [9.17, 15) is 14.0 Å². The molecule has 1 aliphatic rings. The summed E-state index contributed by atoms with van der Waals surface area (Å²) < 4.78 is 24.6. The van der Waals surface area contributed by atoms with Crippen molar-refractivity contribution in [1.29, 1.82) is 0 Å². The summed E-state index contributed by atoms with van der Waals surface area (Å²) in [6.07, 6.45) is 1.90. The Balaban J connectivity index is 1.51. The zero-order valence-corrected chi connectivity index (χ0v) is 28.5. The summed E-state index contributed by atoms with van der Waals surface area (Å²) in [4.78, 5) is 32.9. The molecule has 9 heteroatoms. The van der Waals surface area contributed by atoms with E-state index in [-0.39, 0.29) is 17.7 Å². The summed E-state index contributed by atoms with van der Waals surface area (Å²) in [5.74, 6) is -0.977. The number of nitrogens with zero attached hydrogens (tertiary/aromatic N) is 3. The normalized spacial score (nSPS) is 14.5. The molecule has 0 radical (unpaired) electrons. The lowest BCUT2D eigenvalue weighted by molar-refractivity contribution is -0.139. The second-order valence-electron chi connectivity index (χ2n) is 11.2. The van der Waals surface area contributed by atoms with Crippen molar-refractivity contribution in [1.82, 2.24) is 9.13 Å². The molecule has 4 aromatic carbocycles. The summed E-state index contributed by atoms with van der Waals surface area (Å²) >= 11 is 4.82. The molecule has 238 valence electrons. The number of carbonyl (C=O) groups excluding carboxylic acids is 1. The van der Waals surface area contributed by atoms with Crippen LogP contribution in [-0.4, -0.2) is 21.7 Å². The first kappa shape index (κ1) is 31.5. The molecule has 0 saturated carbocycles. The molecular weight excluding hydrogens is 689 g/mol. The topological polar surface area (TPSA) is 65.6 Å². The molecule has 0 fully saturated rings. The van der Waals surface area contributed by atoms with Crippen LogP contribution in [0, 0.1) is 5.82 Å². The van der Waals surface area contributed by atoms with Gasteiger partial charge in [-0.25, -0.2) is 14.2 Å². The lowest BCUT2D eigenvalue weighted by Gasteiger charge is -2.24. The van der Waals surface area contributed by atoms with Gasteiger partial charge in [-0.3, -0.25) is 9.36 Å². The van der Waals surface area contributed by atoms with Crippen molar-refractivity contribution in [3.8, 4) is 28.2 Å². The van der Waals surface area contributed by atoms with Gasteiger partial charge in [0, 0.05) is 15.7 Å². The van der Waals surface area contributed by atoms with Crippen molar-refractivity contribution in [2.24, 2.45) is 4.99 Å². The number of ether oxygens (including phenoxy) is 1. The lowest BCUT2D eigenvalue weighted by atomic mass is 9.96. The third kappa shape index (κ3) is 5.80. The monoisotopic (exact) mass is 717 g/mol. The number of esters is 1. The Kier molecular flexibility index (Phi) is 8.64. The van der Waals surface area contributed by atoms with Gasteiger partial charge in [-0.05, 0) is 79.1 Å². The summed E-state index contributed by atoms with van der Waals surface area (Å²) in [5, 5.41) is 0. The van der Waals surface area contributed by atoms with E-state index in [0.717, 1.165) is 38.2 Å². The van der Waals surface area contributed by atoms with Crippen molar-refractivity contribution < 1.29 is 13.9 Å². The van der Waals surface area contributed by atoms with Crippen molar-refractivity contribution in [3.05, 3.63) is 168 Å². The maximum absolute atomic E-state index is 14.4. The molecule has 1 aliphatic heterocycles. The van der Waals surface area contributed by atoms with E-state index in [4.69, 9.17) is 9.73 Å². The average molecular weight is 719 g/mol. The number of allylic oxidation sites excluding steroid dienone is 1. The molecule has 1 unspecified atom stereocenters. The number of aromatic nitrogens is 2. The van der Waals surface area contributed by atoms with Crippen LogP contribution in [0.5, 0.6) is 0 Å². The van der Waals surface area contributed by atoms with Gasteiger partial charge < -0.3 is 9.30 Å². The third-order valence-corrected chi connectivity index (χ3v) is 9.73. The predicted molar refractivity (Wildman–Crippen MR) is 191 cm³/mol. The molecule has 48 heavy (non-hydrogen) atoms. The van der Waals surface area contributed by atoms with E-state index in [1.165, 1.54) is 28.0 Å². The zero-order valence-electron chi connectivity index (χ0n) is 26.1. The number of fused-ring (bicyclic) bond motifs is 1. The van der Waals surface area contributed by atoms with Gasteiger partial charge in [-0.15, -0.1) is 0 Å². The number of carbonyl (C=O) groups is 1. The van der Waals surface area contributed by atoms with Crippen LogP contribution in [0.25, 0.3) is 34.3 Å². The largest absolute Gasteiger partial charge is 0.463 e. The van der Waals surface area contributed by atoms with E-state index in [1.54, 1.807) is 26.0 Å². The SMILES string of the molecule is CCOC(=O)C1=C(C)N=c2sc(=Cc3cc(-c4ccccc4)n(-c4ccc(Br)cc4)c3-c3ccccc3)c(=O)n2C1c1ccc(F)cc1. The number of benzene rings is 4. The average Bonchev–Trinajstić information content (AvgIpc) is 3.62. The second kappa shape index (κ2) is 13.2. The first-order chi connectivity index (χ1) is 23.3. The van der Waals surface area contributed by atoms with Crippen LogP contribution in [0.3, 0.4) is 0 Å². The maximum Gasteiger partial charge on any atom is 0.338 e. The van der Waals surface area contributed by atoms with E-state index in [1.807, 2.05) is 54.6 Å². The minimum Gasteiger partial charge on any atom is -0.463 e. The number of rotatable bonds is 7. The van der Waals surface area contributed by atoms with E-state index in [0.29, 0.717) is 20.6 Å². The molecule has 0 saturated heterocycles. The van der Waals surface area contributed by atoms with Crippen LogP contribution in [0.2, 0.25) is 0 Å². The van der Waals surface area contributed by atoms with Gasteiger partial charge in [0.1, 0.15) is 5.82 Å². The highest BCUT2D eigenvalue weighted by molar-refractivity contribution is 9.10. The smallest absolute Gasteiger partial charge is 0.338 e. The number of thiazole rings is 1. The lowest BCUT2D eigenvalue weighted by Crippen LogP contribution is -2.39. The highest BCUT2D eigenvalue weighted by Gasteiger charge is 2.33. The Morgan fingerprint density at radius 1 is 0.938 bits per heavy atom. The first-order valence-corrected chi connectivity index (χ1v) is 17.0. The minimum absolute atomic E-state index is 0.164. The molecule has 0 spiro atoms. The van der Waals surface area contributed by atoms with Crippen LogP contribution in [-0.2, 0) is 9.53 Å². The van der Waals surface area contributed by atoms with Crippen molar-refractivity contribution in [3.63, 3.8) is 0 Å². The molecule has 3 heterocycles. The summed E-state index contributed by atoms with van der Waals surface area (Å²) in [6, 6.07) is 35.5. The number of hydrogen-bond acceptors (Lipinski definition) is 5. The minimum atomic E-state index is -0.830. The molecular formula is C39H29BrFN3O3S. The Hall–Kier alpha value is -5.12. The van der Waals surface area contributed by atoms with E-state index >= 15 is 0 Å². The fraction of sp³-hybridized carbons (Fsp3) is 0.103. The van der Waals surface area contributed by atoms with Crippen LogP contribution in [0.4, 0.5) is 4.39 Å². The van der Waals surface area contributed by atoms with Crippen LogP contribution >= 0.6 is 27.3 Å². The molecule has 0 bridgehead atoms. The van der Waals surface area contributed by atoms with Crippen LogP contribution < -0.4 is 14.9 Å². The van der Waals surface area contributed by atoms with Gasteiger partial charge in [0.05, 0.1) is 39.8 Å². The quantitative estimate of drug-likeness (QED) is 0.158. The molecule has 1 atom stereocenters. The Bertz CT molecular complexity index is 2360. The fourth-order valence-corrected chi connectivity index (χ4v) is 7.41. The highest BCUT2D eigenvalue weighted by Crippen LogP contribution is 2.37. The van der Waals surface area contributed by atoms with Gasteiger partial charge in [-0.2, -0.15) is 0 Å². The summed E-state index contributed by atoms with van der Waals surface area (Å²) in [6.45, 7) is 3.62. The standard InChI is InChI=1S/C39H29BrFN3O3S/c1-3-47-38(46)34-24(2)42-39-44(36(34)27-14-18-30(41)19-15-27)37(45)33(48-39)23-28-22-32(25-10-6-4-7-11-25)43(31-20-16-29(40)17-21-31)35(28)26-12-8-5-9-13-26/h4-23,36H,3H2,1-2H3. The van der Waals surface area contributed by atoms with Crippen molar-refractivity contribution in [2.45, 2.75) is 19.9 Å². The van der Waals surface area contributed by atoms with Crippen molar-refractivity contribution in [2.75, 3.05) is 6.61 Å². The molecule has 6 aromatic rings. The Morgan fingerprint density at radius 3 is 2.23 bits per heavy atom. The molecule has 0 amide bonds. The Morgan fingerprint density at radius 2 is 1.58 bits per heavy atom. The second-order valence-corrected chi connectivity index (χ2v) is 13.2. The molecule has 7 rings (SSSR count). The van der Waals surface area contributed by atoms with Gasteiger partial charge >= 0.3 is 5.97 Å². The molecule has 0 N–H and O–H groups in total. The first-order valence-electron chi connectivity index (χ1n) is 15.4. The van der Waals surface area contributed by atoms with Gasteiger partial charge in [0.15, 0.2) is 4.80 Å².